The average molecular weight is 384 g/mol. The number of rotatable bonds is 6. The molecule has 2 aliphatic rings. The molecular weight excluding hydrogens is 356 g/mol. The first-order chi connectivity index (χ1) is 13.7. The summed E-state index contributed by atoms with van der Waals surface area (Å²) >= 11 is 0. The van der Waals surface area contributed by atoms with Crippen LogP contribution < -0.4 is 0 Å². The van der Waals surface area contributed by atoms with Crippen LogP contribution in [-0.4, -0.2) is 52.6 Å². The molecule has 0 N–H and O–H groups in total. The van der Waals surface area contributed by atoms with E-state index in [1.165, 1.54) is 5.56 Å². The van der Waals surface area contributed by atoms with Crippen LogP contribution in [0.4, 0.5) is 0 Å². The highest BCUT2D eigenvalue weighted by Crippen LogP contribution is 2.40. The molecule has 4 rings (SSSR count). The number of hydrogen-bond acceptors (Lipinski definition) is 6. The fraction of sp³-hybridized carbons (Fsp3) is 0.571. The maximum absolute atomic E-state index is 12.5. The molecule has 0 saturated carbocycles. The van der Waals surface area contributed by atoms with E-state index in [0.29, 0.717) is 31.3 Å². The molecule has 2 aromatic rings. The molecule has 1 aromatic carbocycles. The van der Waals surface area contributed by atoms with Crippen LogP contribution >= 0.6 is 0 Å². The monoisotopic (exact) mass is 384 g/mol. The summed E-state index contributed by atoms with van der Waals surface area (Å²) in [7, 11) is 1.62. The maximum Gasteiger partial charge on any atom is 0.240 e. The second kappa shape index (κ2) is 8.41. The van der Waals surface area contributed by atoms with Crippen molar-refractivity contribution >= 4 is 5.91 Å². The minimum atomic E-state index is 0.245. The highest BCUT2D eigenvalue weighted by Gasteiger charge is 2.41. The summed E-state index contributed by atoms with van der Waals surface area (Å²) < 4.78 is 10.4. The Morgan fingerprint density at radius 3 is 2.68 bits per heavy atom. The number of ether oxygens (including phenoxy) is 1. The number of hydrogen-bond donors (Lipinski definition) is 0. The average Bonchev–Trinajstić information content (AvgIpc) is 3.15. The van der Waals surface area contributed by atoms with Gasteiger partial charge >= 0.3 is 0 Å². The molecule has 0 unspecified atom stereocenters. The number of amides is 1. The third-order valence-electron chi connectivity index (χ3n) is 6.02. The molecule has 0 bridgehead atoms. The van der Waals surface area contributed by atoms with Crippen molar-refractivity contribution in [2.24, 2.45) is 5.41 Å². The van der Waals surface area contributed by atoms with Crippen molar-refractivity contribution in [3.8, 4) is 0 Å². The van der Waals surface area contributed by atoms with E-state index in [1.54, 1.807) is 7.11 Å². The lowest BCUT2D eigenvalue weighted by molar-refractivity contribution is -0.140. The minimum absolute atomic E-state index is 0.245. The minimum Gasteiger partial charge on any atom is -0.377 e. The van der Waals surface area contributed by atoms with Crippen LogP contribution in [0.1, 0.15) is 43.0 Å². The first-order valence-electron chi connectivity index (χ1n) is 10.0. The molecule has 3 heterocycles. The summed E-state index contributed by atoms with van der Waals surface area (Å²) in [4.78, 5) is 21.3. The summed E-state index contributed by atoms with van der Waals surface area (Å²) in [5.74, 6) is 1.52. The first-order valence-corrected chi connectivity index (χ1v) is 10.0. The van der Waals surface area contributed by atoms with Crippen molar-refractivity contribution < 1.29 is 14.1 Å². The second-order valence-corrected chi connectivity index (χ2v) is 8.05. The Labute approximate surface area is 165 Å². The Kier molecular flexibility index (Phi) is 5.73. The van der Waals surface area contributed by atoms with Crippen molar-refractivity contribution in [2.45, 2.75) is 45.4 Å². The van der Waals surface area contributed by atoms with E-state index in [4.69, 9.17) is 9.26 Å². The van der Waals surface area contributed by atoms with Gasteiger partial charge in [0.25, 0.3) is 0 Å². The fourth-order valence-corrected chi connectivity index (χ4v) is 4.38. The molecule has 0 aliphatic carbocycles. The largest absolute Gasteiger partial charge is 0.377 e. The zero-order chi connectivity index (χ0) is 19.4. The number of aromatic nitrogens is 2. The van der Waals surface area contributed by atoms with E-state index in [1.807, 2.05) is 18.2 Å². The lowest BCUT2D eigenvalue weighted by Gasteiger charge is -2.47. The van der Waals surface area contributed by atoms with E-state index < -0.39 is 0 Å². The molecule has 0 radical (unpaired) electrons. The quantitative estimate of drug-likeness (QED) is 0.762. The van der Waals surface area contributed by atoms with Crippen molar-refractivity contribution in [1.82, 2.24) is 19.9 Å². The van der Waals surface area contributed by atoms with Gasteiger partial charge in [-0.15, -0.1) is 0 Å². The number of benzene rings is 1. The van der Waals surface area contributed by atoms with Crippen LogP contribution in [0.2, 0.25) is 0 Å². The summed E-state index contributed by atoms with van der Waals surface area (Å²) in [6.45, 7) is 4.63. The first kappa shape index (κ1) is 19.1. The molecule has 2 fully saturated rings. The van der Waals surface area contributed by atoms with Gasteiger partial charge in [-0.25, -0.2) is 0 Å². The number of likely N-dealkylation sites (tertiary alicyclic amines) is 2. The van der Waals surface area contributed by atoms with Crippen molar-refractivity contribution in [3.05, 3.63) is 47.6 Å². The van der Waals surface area contributed by atoms with E-state index >= 15 is 0 Å². The number of nitrogens with zero attached hydrogens (tertiary/aromatic N) is 4. The van der Waals surface area contributed by atoms with Crippen molar-refractivity contribution in [2.75, 3.05) is 26.7 Å². The Hall–Kier alpha value is -2.25. The van der Waals surface area contributed by atoms with Gasteiger partial charge in [-0.3, -0.25) is 9.69 Å². The Bertz CT molecular complexity index is 784. The van der Waals surface area contributed by atoms with Gasteiger partial charge in [-0.1, -0.05) is 35.5 Å². The predicted molar refractivity (Wildman–Crippen MR) is 103 cm³/mol. The smallest absolute Gasteiger partial charge is 0.240 e. The normalized spacial score (nSPS) is 20.0. The molecule has 7 heteroatoms. The van der Waals surface area contributed by atoms with Gasteiger partial charge in [0.15, 0.2) is 5.82 Å². The zero-order valence-electron chi connectivity index (χ0n) is 16.5. The Morgan fingerprint density at radius 1 is 1.14 bits per heavy atom. The van der Waals surface area contributed by atoms with Gasteiger partial charge in [0.2, 0.25) is 11.8 Å². The molecule has 150 valence electrons. The molecule has 2 saturated heterocycles. The van der Waals surface area contributed by atoms with Gasteiger partial charge in [0, 0.05) is 26.6 Å². The van der Waals surface area contributed by atoms with Crippen LogP contribution in [0, 0.1) is 5.41 Å². The molecular formula is C21H28N4O3. The lowest BCUT2D eigenvalue weighted by Crippen LogP contribution is -2.51. The van der Waals surface area contributed by atoms with Gasteiger partial charge in [0.1, 0.15) is 6.61 Å². The van der Waals surface area contributed by atoms with Gasteiger partial charge in [0.05, 0.1) is 6.54 Å². The fourth-order valence-electron chi connectivity index (χ4n) is 4.38. The summed E-state index contributed by atoms with van der Waals surface area (Å²) in [5, 5.41) is 3.93. The van der Waals surface area contributed by atoms with Crippen molar-refractivity contribution in [3.63, 3.8) is 0 Å². The third-order valence-corrected chi connectivity index (χ3v) is 6.02. The number of carbonyl (C=O) groups excluding carboxylic acids is 1. The third kappa shape index (κ3) is 4.42. The predicted octanol–water partition coefficient (Wildman–Crippen LogP) is 2.62. The van der Waals surface area contributed by atoms with Crippen LogP contribution in [-0.2, 0) is 29.2 Å². The zero-order valence-corrected chi connectivity index (χ0v) is 16.5. The number of piperidine rings is 2. The van der Waals surface area contributed by atoms with Crippen LogP contribution in [0.15, 0.2) is 34.9 Å². The second-order valence-electron chi connectivity index (χ2n) is 8.05. The Balaban J connectivity index is 1.33. The summed E-state index contributed by atoms with van der Waals surface area (Å²) in [6.07, 6.45) is 3.87. The van der Waals surface area contributed by atoms with Crippen LogP contribution in [0.5, 0.6) is 0 Å². The van der Waals surface area contributed by atoms with E-state index in [2.05, 4.69) is 32.1 Å². The summed E-state index contributed by atoms with van der Waals surface area (Å²) in [6, 6.07) is 10.3. The molecule has 28 heavy (non-hydrogen) atoms. The highest BCUT2D eigenvalue weighted by molar-refractivity contribution is 5.77. The highest BCUT2D eigenvalue weighted by atomic mass is 16.5. The van der Waals surface area contributed by atoms with Crippen LogP contribution in [0.3, 0.4) is 0 Å². The Morgan fingerprint density at radius 2 is 1.93 bits per heavy atom. The standard InChI is InChI=1S/C21H28N4O3/c1-27-15-18-22-19(28-23-18)14-24-11-9-21(10-12-24)8-7-20(26)25(16-21)13-17-5-3-2-4-6-17/h2-6H,7-16H2,1H3. The lowest BCUT2D eigenvalue weighted by atomic mass is 9.72. The van der Waals surface area contributed by atoms with Crippen LogP contribution in [0.25, 0.3) is 0 Å². The summed E-state index contributed by atoms with van der Waals surface area (Å²) in [5.41, 5.74) is 1.45. The molecule has 1 spiro atoms. The van der Waals surface area contributed by atoms with Gasteiger partial charge in [-0.05, 0) is 43.3 Å². The van der Waals surface area contributed by atoms with Crippen molar-refractivity contribution in [1.29, 1.82) is 0 Å². The SMILES string of the molecule is COCc1noc(CN2CCC3(CCC(=O)N(Cc4ccccc4)C3)CC2)n1. The maximum atomic E-state index is 12.5. The van der Waals surface area contributed by atoms with E-state index in [9.17, 15) is 4.79 Å². The molecule has 2 aliphatic heterocycles. The number of carbonyl (C=O) groups is 1. The van der Waals surface area contributed by atoms with Gasteiger partial charge < -0.3 is 14.2 Å². The van der Waals surface area contributed by atoms with Gasteiger partial charge in [-0.2, -0.15) is 4.98 Å². The van der Waals surface area contributed by atoms with E-state index in [0.717, 1.165) is 45.4 Å². The molecule has 0 atom stereocenters. The molecule has 7 nitrogen and oxygen atoms in total. The number of methoxy groups -OCH3 is 1. The topological polar surface area (TPSA) is 71.7 Å². The van der Waals surface area contributed by atoms with E-state index in [-0.39, 0.29) is 11.3 Å². The molecule has 1 aromatic heterocycles. The molecule has 1 amide bonds.